The zero-order valence-corrected chi connectivity index (χ0v) is 8.95. The fourth-order valence-corrected chi connectivity index (χ4v) is 2.60. The van der Waals surface area contributed by atoms with Crippen LogP contribution in [0.15, 0.2) is 18.2 Å². The van der Waals surface area contributed by atoms with Gasteiger partial charge in [0.25, 0.3) is 0 Å². The smallest absolute Gasteiger partial charge is 0.178 e. The van der Waals surface area contributed by atoms with Crippen LogP contribution in [0.2, 0.25) is 0 Å². The van der Waals surface area contributed by atoms with Gasteiger partial charge >= 0.3 is 0 Å². The number of rotatable bonds is 0. The number of thioether (sulfide) groups is 1. The highest BCUT2D eigenvalue weighted by molar-refractivity contribution is 8.00. The fourth-order valence-electron chi connectivity index (χ4n) is 1.56. The number of halogens is 1. The summed E-state index contributed by atoms with van der Waals surface area (Å²) in [6, 6.07) is 4.71. The van der Waals surface area contributed by atoms with E-state index in [0.29, 0.717) is 16.9 Å². The summed E-state index contributed by atoms with van der Waals surface area (Å²) in [5.74, 6) is 0.350. The molecule has 0 radical (unpaired) electrons. The molecule has 0 saturated heterocycles. The van der Waals surface area contributed by atoms with Crippen LogP contribution < -0.4 is 0 Å². The molecule has 0 fully saturated rings. The van der Waals surface area contributed by atoms with Gasteiger partial charge in [-0.3, -0.25) is 4.79 Å². The van der Waals surface area contributed by atoms with Crippen LogP contribution in [-0.2, 0) is 5.75 Å². The lowest BCUT2D eigenvalue weighted by molar-refractivity contribution is 0.0954. The zero-order chi connectivity index (χ0) is 10.3. The summed E-state index contributed by atoms with van der Waals surface area (Å²) in [6.45, 7) is 3.77. The van der Waals surface area contributed by atoms with Crippen LogP contribution in [0.4, 0.5) is 4.39 Å². The Kier molecular flexibility index (Phi) is 2.14. The second-order valence-electron chi connectivity index (χ2n) is 3.89. The van der Waals surface area contributed by atoms with Gasteiger partial charge in [0.15, 0.2) is 5.78 Å². The van der Waals surface area contributed by atoms with Crippen LogP contribution in [0.1, 0.15) is 29.8 Å². The van der Waals surface area contributed by atoms with Crippen LogP contribution in [-0.4, -0.2) is 10.5 Å². The van der Waals surface area contributed by atoms with E-state index in [1.807, 2.05) is 13.8 Å². The van der Waals surface area contributed by atoms with Crippen LogP contribution in [0.5, 0.6) is 0 Å². The average Bonchev–Trinajstić information content (AvgIpc) is 2.13. The maximum Gasteiger partial charge on any atom is 0.178 e. The van der Waals surface area contributed by atoms with Crippen LogP contribution in [0, 0.1) is 5.82 Å². The molecule has 2 rings (SSSR count). The Labute approximate surface area is 86.7 Å². The molecule has 1 aliphatic heterocycles. The van der Waals surface area contributed by atoms with E-state index >= 15 is 0 Å². The molecule has 0 bridgehead atoms. The Morgan fingerprint density at radius 2 is 2.14 bits per heavy atom. The normalized spacial score (nSPS) is 19.2. The van der Waals surface area contributed by atoms with Crippen LogP contribution in [0.25, 0.3) is 0 Å². The third kappa shape index (κ3) is 1.36. The molecule has 0 saturated carbocycles. The molecule has 1 aromatic carbocycles. The minimum Gasteiger partial charge on any atom is -0.293 e. The largest absolute Gasteiger partial charge is 0.293 e. The maximum atomic E-state index is 13.3. The number of hydrogen-bond acceptors (Lipinski definition) is 2. The summed E-state index contributed by atoms with van der Waals surface area (Å²) >= 11 is 1.50. The topological polar surface area (TPSA) is 17.1 Å². The van der Waals surface area contributed by atoms with Gasteiger partial charge in [-0.05, 0) is 19.9 Å². The number of benzene rings is 1. The predicted octanol–water partition coefficient (Wildman–Crippen LogP) is 3.03. The Morgan fingerprint density at radius 1 is 1.43 bits per heavy atom. The van der Waals surface area contributed by atoms with Crippen molar-refractivity contribution in [2.75, 3.05) is 0 Å². The number of carbonyl (C=O) groups is 1. The van der Waals surface area contributed by atoms with Gasteiger partial charge in [0.05, 0.1) is 4.75 Å². The second-order valence-corrected chi connectivity index (χ2v) is 5.49. The van der Waals surface area contributed by atoms with Crippen molar-refractivity contribution in [2.24, 2.45) is 0 Å². The molecule has 14 heavy (non-hydrogen) atoms. The molecule has 0 aromatic heterocycles. The number of carbonyl (C=O) groups excluding carboxylic acids is 1. The first-order valence-corrected chi connectivity index (χ1v) is 5.47. The summed E-state index contributed by atoms with van der Waals surface area (Å²) < 4.78 is 12.9. The predicted molar refractivity (Wildman–Crippen MR) is 56.1 cm³/mol. The van der Waals surface area contributed by atoms with E-state index < -0.39 is 4.75 Å². The Bertz CT molecular complexity index is 398. The van der Waals surface area contributed by atoms with E-state index in [1.165, 1.54) is 17.8 Å². The third-order valence-corrected chi connectivity index (χ3v) is 3.83. The molecule has 0 aliphatic carbocycles. The molecule has 0 atom stereocenters. The zero-order valence-electron chi connectivity index (χ0n) is 8.13. The van der Waals surface area contributed by atoms with Gasteiger partial charge in [-0.1, -0.05) is 12.1 Å². The van der Waals surface area contributed by atoms with E-state index in [0.717, 1.165) is 0 Å². The second kappa shape index (κ2) is 3.09. The van der Waals surface area contributed by atoms with E-state index in [-0.39, 0.29) is 11.6 Å². The lowest BCUT2D eigenvalue weighted by Crippen LogP contribution is -2.32. The SMILES string of the molecule is CC1(C)SCc2c(F)cccc2C1=O. The van der Waals surface area contributed by atoms with Crippen molar-refractivity contribution in [3.63, 3.8) is 0 Å². The van der Waals surface area contributed by atoms with Crippen molar-refractivity contribution < 1.29 is 9.18 Å². The van der Waals surface area contributed by atoms with Gasteiger partial charge in [0.2, 0.25) is 0 Å². The van der Waals surface area contributed by atoms with Crippen molar-refractivity contribution in [3.05, 3.63) is 35.1 Å². The van der Waals surface area contributed by atoms with E-state index in [1.54, 1.807) is 12.1 Å². The van der Waals surface area contributed by atoms with Gasteiger partial charge in [-0.15, -0.1) is 11.8 Å². The summed E-state index contributed by atoms with van der Waals surface area (Å²) in [4.78, 5) is 11.9. The average molecular weight is 210 g/mol. The monoisotopic (exact) mass is 210 g/mol. The molecular formula is C11H11FOS. The molecule has 0 unspecified atom stereocenters. The standard InChI is InChI=1S/C11H11FOS/c1-11(2)10(13)7-4-3-5-9(12)8(7)6-14-11/h3-5H,6H2,1-2H3. The Balaban J connectivity index is 2.57. The summed E-state index contributed by atoms with van der Waals surface area (Å²) in [5.41, 5.74) is 1.11. The molecule has 0 amide bonds. The van der Waals surface area contributed by atoms with Crippen LogP contribution >= 0.6 is 11.8 Å². The minimum absolute atomic E-state index is 0.0308. The Morgan fingerprint density at radius 3 is 2.86 bits per heavy atom. The first-order valence-electron chi connectivity index (χ1n) is 4.48. The van der Waals surface area contributed by atoms with Crippen LogP contribution in [0.3, 0.4) is 0 Å². The van der Waals surface area contributed by atoms with Gasteiger partial charge in [-0.2, -0.15) is 0 Å². The minimum atomic E-state index is -0.416. The number of ketones is 1. The number of fused-ring (bicyclic) bond motifs is 1. The van der Waals surface area contributed by atoms with Gasteiger partial charge in [-0.25, -0.2) is 4.39 Å². The van der Waals surface area contributed by atoms with Crippen molar-refractivity contribution in [1.82, 2.24) is 0 Å². The molecule has 1 aromatic rings. The molecule has 0 N–H and O–H groups in total. The van der Waals surface area contributed by atoms with E-state index in [4.69, 9.17) is 0 Å². The maximum absolute atomic E-state index is 13.3. The molecule has 1 heterocycles. The molecular weight excluding hydrogens is 199 g/mol. The summed E-state index contributed by atoms with van der Waals surface area (Å²) in [5, 5.41) is 0. The van der Waals surface area contributed by atoms with E-state index in [2.05, 4.69) is 0 Å². The molecule has 1 aliphatic rings. The first-order chi connectivity index (χ1) is 6.52. The molecule has 3 heteroatoms. The lowest BCUT2D eigenvalue weighted by Gasteiger charge is -2.29. The van der Waals surface area contributed by atoms with Crippen molar-refractivity contribution in [2.45, 2.75) is 24.3 Å². The quantitative estimate of drug-likeness (QED) is 0.654. The third-order valence-electron chi connectivity index (χ3n) is 2.49. The highest BCUT2D eigenvalue weighted by atomic mass is 32.2. The lowest BCUT2D eigenvalue weighted by atomic mass is 9.95. The Hall–Kier alpha value is -0.830. The summed E-state index contributed by atoms with van der Waals surface area (Å²) in [7, 11) is 0. The molecule has 74 valence electrons. The van der Waals surface area contributed by atoms with Gasteiger partial charge in [0.1, 0.15) is 5.82 Å². The molecule has 0 spiro atoms. The van der Waals surface area contributed by atoms with Crippen molar-refractivity contribution in [3.8, 4) is 0 Å². The number of hydrogen-bond donors (Lipinski definition) is 0. The highest BCUT2D eigenvalue weighted by Crippen LogP contribution is 2.38. The fraction of sp³-hybridized carbons (Fsp3) is 0.364. The molecule has 1 nitrogen and oxygen atoms in total. The van der Waals surface area contributed by atoms with Gasteiger partial charge in [0, 0.05) is 16.9 Å². The summed E-state index contributed by atoms with van der Waals surface area (Å²) in [6.07, 6.45) is 0. The van der Waals surface area contributed by atoms with Gasteiger partial charge < -0.3 is 0 Å². The van der Waals surface area contributed by atoms with E-state index in [9.17, 15) is 9.18 Å². The highest BCUT2D eigenvalue weighted by Gasteiger charge is 2.35. The van der Waals surface area contributed by atoms with Crippen molar-refractivity contribution in [1.29, 1.82) is 0 Å². The first kappa shape index (κ1) is 9.71. The van der Waals surface area contributed by atoms with Crippen molar-refractivity contribution >= 4 is 17.5 Å². The number of Topliss-reactive ketones (excluding diaryl/α,β-unsaturated/α-hetero) is 1.